The van der Waals surface area contributed by atoms with Gasteiger partial charge in [0.1, 0.15) is 0 Å². The van der Waals surface area contributed by atoms with Gasteiger partial charge in [-0.3, -0.25) is 0 Å². The zero-order chi connectivity index (χ0) is 4.50. The first kappa shape index (κ1) is 214. The van der Waals surface area contributed by atoms with Crippen molar-refractivity contribution in [2.45, 2.75) is 0 Å². The normalized spacial score (nSPS) is 2.81. The van der Waals surface area contributed by atoms with E-state index >= 15 is 0 Å². The van der Waals surface area contributed by atoms with E-state index in [1.54, 1.807) is 0 Å². The molecule has 21 heteroatoms. The Hall–Kier alpha value is 4.39. The molecule has 0 heterocycles. The summed E-state index contributed by atoms with van der Waals surface area (Å²) in [5, 5.41) is 0. The van der Waals surface area contributed by atoms with Crippen molar-refractivity contribution >= 4 is 14.5 Å². The molecule has 0 bridgehead atoms. The summed E-state index contributed by atoms with van der Waals surface area (Å²) in [5.41, 5.74) is 0. The topological polar surface area (TPSA) is 464 Å². The Balaban J connectivity index is -0.000000000588. The van der Waals surface area contributed by atoms with Gasteiger partial charge in [0.15, 0.2) is 0 Å². The zero-order valence-corrected chi connectivity index (χ0v) is 23.1. The van der Waals surface area contributed by atoms with E-state index < -0.39 is 14.5 Å². The first-order valence-electron chi connectivity index (χ1n) is 0.730. The molecule has 0 aromatic rings. The fourth-order valence-electron chi connectivity index (χ4n) is 0. The number of rotatable bonds is 0. The molecular formula is H25AsKNa3O16. The van der Waals surface area contributed by atoms with Crippen LogP contribution in [0.2, 0.25) is 0 Å². The minimum absolute atomic E-state index is 0. The Bertz CT molecular complexity index is 75.5. The molecule has 0 saturated carbocycles. The van der Waals surface area contributed by atoms with Gasteiger partial charge in [-0.2, -0.15) is 0 Å². The van der Waals surface area contributed by atoms with Gasteiger partial charge < -0.3 is 67.1 Å². The Labute approximate surface area is 233 Å². The van der Waals surface area contributed by atoms with Crippen LogP contribution in [0, 0.1) is 0 Å². The minimum atomic E-state index is -5.88. The van der Waals surface area contributed by atoms with Crippen molar-refractivity contribution in [1.29, 1.82) is 0 Å². The van der Waals surface area contributed by atoms with Crippen LogP contribution in [-0.2, 0) is 3.74 Å². The smallest absolute Gasteiger partial charge is 1.00 e. The first-order chi connectivity index (χ1) is 2.00. The SMILES string of the molecule is O.O.O.O.O.O.O.O.O.O.O.O.O=[As]([O-])([O-])[O-].[H-].[K+].[Na+].[Na+].[Na+]. The van der Waals surface area contributed by atoms with E-state index in [1.807, 2.05) is 0 Å². The molecule has 0 aliphatic carbocycles. The van der Waals surface area contributed by atoms with Crippen LogP contribution in [0.5, 0.6) is 0 Å². The van der Waals surface area contributed by atoms with Crippen LogP contribution >= 0.6 is 0 Å². The van der Waals surface area contributed by atoms with E-state index in [0.717, 1.165) is 0 Å². The van der Waals surface area contributed by atoms with Crippen LogP contribution < -0.4 is 152 Å². The van der Waals surface area contributed by atoms with Gasteiger partial charge in [0.25, 0.3) is 0 Å². The fourth-order valence-corrected chi connectivity index (χ4v) is 0. The third-order valence-corrected chi connectivity index (χ3v) is 0. The first-order valence-corrected chi connectivity index (χ1v) is 3.79. The molecule has 0 aliphatic heterocycles. The molecule has 0 amide bonds. The average Bonchev–Trinajstić information content (AvgIpc) is 0.722. The van der Waals surface area contributed by atoms with E-state index in [9.17, 15) is 0 Å². The molecule has 0 saturated heterocycles. The Morgan fingerprint density at radius 2 is 0.476 bits per heavy atom. The molecule has 16 nitrogen and oxygen atoms in total. The summed E-state index contributed by atoms with van der Waals surface area (Å²) >= 11 is -5.88. The quantitative estimate of drug-likeness (QED) is 0.315. The third-order valence-electron chi connectivity index (χ3n) is 0. The second-order valence-electron chi connectivity index (χ2n) is 0.447. The van der Waals surface area contributed by atoms with Gasteiger partial charge >= 0.3 is 171 Å². The van der Waals surface area contributed by atoms with Gasteiger partial charge in [0.05, 0.1) is 0 Å². The number of hydrogen-bond donors (Lipinski definition) is 0. The van der Waals surface area contributed by atoms with Crippen LogP contribution in [0.3, 0.4) is 0 Å². The molecule has 0 unspecified atom stereocenters. The van der Waals surface area contributed by atoms with Crippen molar-refractivity contribution in [2.24, 2.45) is 0 Å². The summed E-state index contributed by atoms with van der Waals surface area (Å²) < 4.78 is 34.4. The second-order valence-corrected chi connectivity index (χ2v) is 2.32. The Morgan fingerprint density at radius 3 is 0.476 bits per heavy atom. The number of hydrogen-bond acceptors (Lipinski definition) is 4. The van der Waals surface area contributed by atoms with Gasteiger partial charge in [0, 0.05) is 0 Å². The summed E-state index contributed by atoms with van der Waals surface area (Å²) in [6, 6.07) is 0. The van der Waals surface area contributed by atoms with Crippen molar-refractivity contribution in [2.75, 3.05) is 0 Å². The van der Waals surface area contributed by atoms with Gasteiger partial charge in [0.2, 0.25) is 0 Å². The van der Waals surface area contributed by atoms with E-state index in [-0.39, 0.29) is 207 Å². The molecule has 21 heavy (non-hydrogen) atoms. The van der Waals surface area contributed by atoms with Crippen molar-refractivity contribution in [3.8, 4) is 0 Å². The predicted molar refractivity (Wildman–Crippen MR) is 50.9 cm³/mol. The summed E-state index contributed by atoms with van der Waals surface area (Å²) in [6.07, 6.45) is 0. The van der Waals surface area contributed by atoms with Crippen molar-refractivity contribution in [1.82, 2.24) is 0 Å². The molecular weight excluding hydrogens is 439 g/mol. The van der Waals surface area contributed by atoms with Crippen molar-refractivity contribution in [3.63, 3.8) is 0 Å². The Kier molecular flexibility index (Phi) is 1260. The van der Waals surface area contributed by atoms with Crippen LogP contribution in [-0.4, -0.2) is 80.2 Å². The molecule has 0 radical (unpaired) electrons. The minimum Gasteiger partial charge on any atom is -1.00 e. The zero-order valence-electron chi connectivity index (χ0n) is 13.1. The molecule has 0 fully saturated rings. The van der Waals surface area contributed by atoms with E-state index in [0.29, 0.717) is 0 Å². The van der Waals surface area contributed by atoms with Gasteiger partial charge in [-0.05, 0) is 0 Å². The van der Waals surface area contributed by atoms with Gasteiger partial charge in [-0.1, -0.05) is 0 Å². The average molecular weight is 464 g/mol. The maximum atomic E-state index is 8.61. The van der Waals surface area contributed by atoms with Crippen molar-refractivity contribution < 1.29 is 223 Å². The molecule has 0 aromatic carbocycles. The second kappa shape index (κ2) is 124. The summed E-state index contributed by atoms with van der Waals surface area (Å²) in [5.74, 6) is 0. The molecule has 0 rings (SSSR count). The van der Waals surface area contributed by atoms with Gasteiger partial charge in [-0.15, -0.1) is 0 Å². The molecule has 24 N–H and O–H groups in total. The van der Waals surface area contributed by atoms with E-state index in [4.69, 9.17) is 16.0 Å². The summed E-state index contributed by atoms with van der Waals surface area (Å²) in [6.45, 7) is 0. The van der Waals surface area contributed by atoms with Crippen LogP contribution in [0.25, 0.3) is 0 Å². The summed E-state index contributed by atoms with van der Waals surface area (Å²) in [4.78, 5) is 0. The molecule has 0 aliphatic rings. The third kappa shape index (κ3) is 633. The van der Waals surface area contributed by atoms with E-state index in [1.165, 1.54) is 0 Å². The largest absolute Gasteiger partial charge is 1.00 e. The van der Waals surface area contributed by atoms with Gasteiger partial charge in [-0.25, -0.2) is 0 Å². The Morgan fingerprint density at radius 1 is 0.476 bits per heavy atom. The molecule has 0 atom stereocenters. The maximum absolute atomic E-state index is 8.61. The molecule has 0 aromatic heterocycles. The molecule has 130 valence electrons. The fraction of sp³-hybridized carbons (Fsp3) is 0. The van der Waals surface area contributed by atoms with Crippen molar-refractivity contribution in [3.05, 3.63) is 0 Å². The van der Waals surface area contributed by atoms with Crippen LogP contribution in [0.4, 0.5) is 0 Å². The monoisotopic (exact) mass is 464 g/mol. The van der Waals surface area contributed by atoms with E-state index in [2.05, 4.69) is 0 Å². The summed E-state index contributed by atoms with van der Waals surface area (Å²) in [7, 11) is 0. The predicted octanol–water partition coefficient (Wildman–Crippen LogP) is -25.8. The standard InChI is InChI=1S/AsH3O4.K.3Na.12H2O.H/c2-1(3,4)5;;;;;;;;;;;;;;;;;/h(H3,2,3,4,5);;;;;12*1H2;/q;4*+1;;;;;;;;;;;;;-1/p-3. The maximum Gasteiger partial charge on any atom is 1.00 e. The van der Waals surface area contributed by atoms with Crippen LogP contribution in [0.15, 0.2) is 0 Å². The molecule has 0 spiro atoms. The van der Waals surface area contributed by atoms with Crippen LogP contribution in [0.1, 0.15) is 1.43 Å².